The molecule has 0 heterocycles. The molecule has 0 aromatic heterocycles. The van der Waals surface area contributed by atoms with E-state index in [0.717, 1.165) is 11.0 Å². The van der Waals surface area contributed by atoms with Crippen molar-refractivity contribution in [1.29, 1.82) is 0 Å². The van der Waals surface area contributed by atoms with Crippen molar-refractivity contribution in [1.82, 2.24) is 9.80 Å². The van der Waals surface area contributed by atoms with Gasteiger partial charge in [0.05, 0.1) is 29.5 Å². The van der Waals surface area contributed by atoms with E-state index in [0.29, 0.717) is 0 Å². The lowest BCUT2D eigenvalue weighted by Gasteiger charge is -2.52. The average Bonchev–Trinajstić information content (AvgIpc) is 2.97. The number of nitrogens with zero attached hydrogens (tertiary/aromatic N) is 2. The SMILES string of the molecule is C=CCN(CC(=O)c1ccc(O)c2c1C[C@H]1C[C@H]3[C@H](N(C)C)C(=O)C(C(N)=O)C(=O)[C@@]3(O)C(=O)C1C2=O)C(=O)OCOC(=O)C(C)(C)C. The lowest BCUT2D eigenvalue weighted by atomic mass is 9.52. The average molecular weight is 670 g/mol. The van der Waals surface area contributed by atoms with E-state index in [1.165, 1.54) is 31.1 Å². The summed E-state index contributed by atoms with van der Waals surface area (Å²) in [6, 6.07) is 1.06. The van der Waals surface area contributed by atoms with Gasteiger partial charge in [-0.15, -0.1) is 6.58 Å². The van der Waals surface area contributed by atoms with E-state index in [9.17, 15) is 48.6 Å². The number of primary amides is 1. The maximum absolute atomic E-state index is 14.0. The van der Waals surface area contributed by atoms with Crippen LogP contribution >= 0.6 is 0 Å². The third-order valence-corrected chi connectivity index (χ3v) is 9.17. The van der Waals surface area contributed by atoms with Gasteiger partial charge in [-0.1, -0.05) is 6.08 Å². The largest absolute Gasteiger partial charge is 0.507 e. The third kappa shape index (κ3) is 6.03. The first kappa shape index (κ1) is 36.1. The molecule has 2 saturated carbocycles. The van der Waals surface area contributed by atoms with Gasteiger partial charge in [0.2, 0.25) is 12.7 Å². The summed E-state index contributed by atoms with van der Waals surface area (Å²) < 4.78 is 9.97. The Morgan fingerprint density at radius 1 is 1.08 bits per heavy atom. The van der Waals surface area contributed by atoms with Crippen molar-refractivity contribution in [3.8, 4) is 5.75 Å². The number of rotatable bonds is 9. The van der Waals surface area contributed by atoms with Gasteiger partial charge >= 0.3 is 12.1 Å². The third-order valence-electron chi connectivity index (χ3n) is 9.17. The van der Waals surface area contributed by atoms with E-state index in [1.807, 2.05) is 0 Å². The number of Topliss-reactive ketones (excluding diaryl/α,β-unsaturated/α-hetero) is 5. The van der Waals surface area contributed by atoms with Crippen LogP contribution in [0.5, 0.6) is 5.75 Å². The van der Waals surface area contributed by atoms with Crippen LogP contribution in [0, 0.1) is 29.1 Å². The van der Waals surface area contributed by atoms with Crippen LogP contribution in [0.4, 0.5) is 4.79 Å². The molecule has 0 bridgehead atoms. The van der Waals surface area contributed by atoms with Gasteiger partial charge in [0, 0.05) is 18.0 Å². The number of phenolic OH excluding ortho intramolecular Hbond substituents is 1. The van der Waals surface area contributed by atoms with E-state index >= 15 is 0 Å². The molecule has 2 fully saturated rings. The highest BCUT2D eigenvalue weighted by Crippen LogP contribution is 2.51. The number of nitrogens with two attached hydrogens (primary N) is 1. The van der Waals surface area contributed by atoms with Crippen LogP contribution in [0.2, 0.25) is 0 Å². The molecule has 4 rings (SSSR count). The van der Waals surface area contributed by atoms with Crippen molar-refractivity contribution in [3.63, 3.8) is 0 Å². The molecule has 0 aliphatic heterocycles. The molecule has 1 aromatic carbocycles. The summed E-state index contributed by atoms with van der Waals surface area (Å²) in [6.07, 6.45) is -0.00556. The van der Waals surface area contributed by atoms with E-state index < -0.39 is 107 Å². The first-order valence-electron chi connectivity index (χ1n) is 15.2. The number of ether oxygens (including phenoxy) is 2. The summed E-state index contributed by atoms with van der Waals surface area (Å²) >= 11 is 0. The van der Waals surface area contributed by atoms with Gasteiger partial charge in [0.25, 0.3) is 0 Å². The van der Waals surface area contributed by atoms with E-state index in [1.54, 1.807) is 20.8 Å². The monoisotopic (exact) mass is 669 g/mol. The number of aromatic hydroxyl groups is 1. The lowest BCUT2D eigenvalue weighted by Crippen LogP contribution is -2.74. The number of hydrogen-bond donors (Lipinski definition) is 3. The Hall–Kier alpha value is -4.76. The summed E-state index contributed by atoms with van der Waals surface area (Å²) in [4.78, 5) is 108. The maximum atomic E-state index is 14.0. The predicted molar refractivity (Wildman–Crippen MR) is 164 cm³/mol. The quantitative estimate of drug-likeness (QED) is 0.105. The molecule has 0 radical (unpaired) electrons. The lowest BCUT2D eigenvalue weighted by molar-refractivity contribution is -0.181. The molecule has 15 heteroatoms. The molecule has 48 heavy (non-hydrogen) atoms. The summed E-state index contributed by atoms with van der Waals surface area (Å²) in [6.45, 7) is 7.00. The Labute approximate surface area is 276 Å². The maximum Gasteiger partial charge on any atom is 0.413 e. The number of esters is 1. The van der Waals surface area contributed by atoms with E-state index in [4.69, 9.17) is 15.2 Å². The molecular weight excluding hydrogens is 630 g/mol. The summed E-state index contributed by atoms with van der Waals surface area (Å²) in [5.74, 6) is -13.6. The molecule has 258 valence electrons. The van der Waals surface area contributed by atoms with Crippen LogP contribution in [0.3, 0.4) is 0 Å². The van der Waals surface area contributed by atoms with Crippen molar-refractivity contribution >= 4 is 46.9 Å². The van der Waals surface area contributed by atoms with Gasteiger partial charge in [-0.2, -0.15) is 0 Å². The first-order chi connectivity index (χ1) is 22.3. The molecule has 3 aliphatic rings. The van der Waals surface area contributed by atoms with Crippen molar-refractivity contribution in [2.45, 2.75) is 45.3 Å². The number of carbonyl (C=O) groups excluding carboxylic acids is 8. The Kier molecular flexibility index (Phi) is 9.80. The zero-order valence-electron chi connectivity index (χ0n) is 27.3. The van der Waals surface area contributed by atoms with Gasteiger partial charge in [-0.05, 0) is 71.3 Å². The molecule has 0 saturated heterocycles. The smallest absolute Gasteiger partial charge is 0.413 e. The van der Waals surface area contributed by atoms with Crippen LogP contribution in [0.15, 0.2) is 24.8 Å². The zero-order chi connectivity index (χ0) is 36.0. The van der Waals surface area contributed by atoms with Crippen LogP contribution in [-0.2, 0) is 39.9 Å². The number of fused-ring (bicyclic) bond motifs is 3. The van der Waals surface area contributed by atoms with E-state index in [-0.39, 0.29) is 36.1 Å². The van der Waals surface area contributed by atoms with Crippen molar-refractivity contribution < 1.29 is 58.0 Å². The number of likely N-dealkylation sites (N-methyl/N-ethyl adjacent to an activating group) is 1. The number of ketones is 5. The second-order valence-corrected chi connectivity index (χ2v) is 13.6. The second-order valence-electron chi connectivity index (χ2n) is 13.6. The highest BCUT2D eigenvalue weighted by Gasteiger charge is 2.69. The second kappa shape index (κ2) is 13.0. The molecule has 6 atom stereocenters. The normalized spacial score (nSPS) is 26.6. The topological polar surface area (TPSA) is 228 Å². The van der Waals surface area contributed by atoms with Crippen LogP contribution in [0.1, 0.15) is 53.5 Å². The minimum atomic E-state index is -2.88. The van der Waals surface area contributed by atoms with Gasteiger partial charge < -0.3 is 25.4 Å². The van der Waals surface area contributed by atoms with Crippen molar-refractivity contribution in [2.24, 2.45) is 34.8 Å². The fraction of sp³-hybridized carbons (Fsp3) is 0.515. The molecule has 15 nitrogen and oxygen atoms in total. The van der Waals surface area contributed by atoms with Crippen molar-refractivity contribution in [2.75, 3.05) is 34.0 Å². The Morgan fingerprint density at radius 2 is 1.73 bits per heavy atom. The fourth-order valence-electron chi connectivity index (χ4n) is 6.93. The number of carbonyl (C=O) groups is 8. The zero-order valence-corrected chi connectivity index (χ0v) is 27.3. The molecular formula is C33H39N3O12. The summed E-state index contributed by atoms with van der Waals surface area (Å²) in [5.41, 5.74) is 1.29. The summed E-state index contributed by atoms with van der Waals surface area (Å²) in [5, 5.41) is 22.4. The van der Waals surface area contributed by atoms with Gasteiger partial charge in [0.1, 0.15) is 5.75 Å². The predicted octanol–water partition coefficient (Wildman–Crippen LogP) is 0.221. The molecule has 0 spiro atoms. The number of hydrogen-bond acceptors (Lipinski definition) is 13. The van der Waals surface area contributed by atoms with Gasteiger partial charge in [0.15, 0.2) is 40.4 Å². The molecule has 3 aliphatic carbocycles. The first-order valence-corrected chi connectivity index (χ1v) is 15.2. The van der Waals surface area contributed by atoms with Gasteiger partial charge in [-0.25, -0.2) is 4.79 Å². The van der Waals surface area contributed by atoms with E-state index in [2.05, 4.69) is 6.58 Å². The number of benzene rings is 1. The molecule has 2 unspecified atom stereocenters. The fourth-order valence-corrected chi connectivity index (χ4v) is 6.93. The number of aliphatic hydroxyl groups is 1. The standard InChI is InChI=1S/C33H39N3O12/c1-7-10-36(31(45)48-14-47-30(44)32(2,3)4)13-20(38)16-8-9-19(37)22-17(16)11-15-12-18-24(35(5)6)26(40)23(29(34)43)28(42)33(18,46)27(41)21(15)25(22)39/h7-9,15,18,21,23-24,37,46H,1,10-14H2,2-6H3,(H2,34,43)/t15-,18-,21?,23?,24-,33-/m0/s1. The number of phenols is 1. The van der Waals surface area contributed by atoms with Crippen LogP contribution < -0.4 is 5.73 Å². The number of amides is 2. The van der Waals surface area contributed by atoms with Crippen molar-refractivity contribution in [3.05, 3.63) is 41.5 Å². The van der Waals surface area contributed by atoms with Gasteiger partial charge in [-0.3, -0.25) is 43.4 Å². The highest BCUT2D eigenvalue weighted by molar-refractivity contribution is 6.32. The summed E-state index contributed by atoms with van der Waals surface area (Å²) in [7, 11) is 2.94. The van der Waals surface area contributed by atoms with Crippen LogP contribution in [0.25, 0.3) is 0 Å². The minimum absolute atomic E-state index is 0.0438. The highest BCUT2D eigenvalue weighted by atomic mass is 16.7. The van der Waals surface area contributed by atoms with Crippen LogP contribution in [-0.4, -0.2) is 113 Å². The molecule has 2 amide bonds. The Morgan fingerprint density at radius 3 is 2.29 bits per heavy atom. The Balaban J connectivity index is 1.66. The molecule has 1 aromatic rings. The minimum Gasteiger partial charge on any atom is -0.507 e. The Bertz CT molecular complexity index is 1630. The molecule has 4 N–H and O–H groups in total.